The first kappa shape index (κ1) is 28.7. The molecule has 5 aromatic carbocycles. The minimum atomic E-state index is 0.277. The van der Waals surface area contributed by atoms with E-state index in [1.54, 1.807) is 0 Å². The van der Waals surface area contributed by atoms with Crippen LogP contribution in [-0.2, 0) is 0 Å². The molecule has 3 heterocycles. The molecule has 0 spiro atoms. The van der Waals surface area contributed by atoms with Gasteiger partial charge in [0, 0.05) is 45.6 Å². The van der Waals surface area contributed by atoms with Crippen LogP contribution in [0.3, 0.4) is 0 Å². The molecule has 1 atom stereocenters. The van der Waals surface area contributed by atoms with Crippen LogP contribution in [0.2, 0.25) is 0 Å². The lowest BCUT2D eigenvalue weighted by molar-refractivity contribution is 0.570. The Balaban J connectivity index is 1.15. The van der Waals surface area contributed by atoms with Crippen molar-refractivity contribution < 1.29 is 4.42 Å². The van der Waals surface area contributed by atoms with Crippen molar-refractivity contribution in [2.75, 3.05) is 0 Å². The average molecular weight is 631 g/mol. The summed E-state index contributed by atoms with van der Waals surface area (Å²) in [7, 11) is 0. The number of rotatable bonds is 6. The minimum Gasteiger partial charge on any atom is -0.456 e. The normalized spacial score (nSPS) is 13.8. The van der Waals surface area contributed by atoms with Crippen LogP contribution >= 0.6 is 0 Å². The predicted octanol–water partition coefficient (Wildman–Crippen LogP) is 9.10. The van der Waals surface area contributed by atoms with E-state index < -0.39 is 0 Å². The molecule has 3 aromatic heterocycles. The molecule has 0 saturated carbocycles. The van der Waals surface area contributed by atoms with Crippen LogP contribution in [0, 0.1) is 0 Å². The quantitative estimate of drug-likeness (QED) is 0.183. The van der Waals surface area contributed by atoms with E-state index in [2.05, 4.69) is 71.7 Å². The van der Waals surface area contributed by atoms with Gasteiger partial charge in [-0.3, -0.25) is 4.98 Å². The number of para-hydroxylation sites is 1. The largest absolute Gasteiger partial charge is 0.456 e. The first-order valence-corrected chi connectivity index (χ1v) is 16.5. The van der Waals surface area contributed by atoms with Crippen LogP contribution in [0.5, 0.6) is 0 Å². The van der Waals surface area contributed by atoms with Gasteiger partial charge in [0.05, 0.1) is 0 Å². The molecule has 232 valence electrons. The SMILES string of the molecule is C1=c2oc3ccccc3c2=CC(c2ccc(-c3cc(-c4ccncc4)cc(-c4nc(-c5ccccc5)nc(-c5ccccc5)n4)c3)cc2)C1. The Morgan fingerprint density at radius 3 is 1.69 bits per heavy atom. The molecule has 5 heteroatoms. The maximum Gasteiger partial charge on any atom is 0.164 e. The number of pyridine rings is 1. The fourth-order valence-corrected chi connectivity index (χ4v) is 6.64. The summed E-state index contributed by atoms with van der Waals surface area (Å²) in [5, 5.41) is 2.35. The van der Waals surface area contributed by atoms with E-state index >= 15 is 0 Å². The lowest BCUT2D eigenvalue weighted by atomic mass is 9.90. The Labute approximate surface area is 283 Å². The van der Waals surface area contributed by atoms with Gasteiger partial charge in [-0.1, -0.05) is 109 Å². The van der Waals surface area contributed by atoms with E-state index in [1.807, 2.05) is 97.3 Å². The summed E-state index contributed by atoms with van der Waals surface area (Å²) in [5.74, 6) is 2.17. The van der Waals surface area contributed by atoms with Crippen LogP contribution in [0.4, 0.5) is 0 Å². The molecular weight excluding hydrogens is 601 g/mol. The second-order valence-corrected chi connectivity index (χ2v) is 12.3. The second-order valence-electron chi connectivity index (χ2n) is 12.3. The van der Waals surface area contributed by atoms with Gasteiger partial charge in [0.25, 0.3) is 0 Å². The lowest BCUT2D eigenvalue weighted by Gasteiger charge is -2.15. The fourth-order valence-electron chi connectivity index (χ4n) is 6.64. The van der Waals surface area contributed by atoms with Crippen LogP contribution in [0.15, 0.2) is 156 Å². The zero-order chi connectivity index (χ0) is 32.6. The van der Waals surface area contributed by atoms with Gasteiger partial charge in [0.2, 0.25) is 0 Å². The van der Waals surface area contributed by atoms with Gasteiger partial charge in [-0.2, -0.15) is 0 Å². The molecule has 1 aliphatic rings. The van der Waals surface area contributed by atoms with E-state index in [0.717, 1.165) is 56.4 Å². The fraction of sp³-hybridized carbons (Fsp3) is 0.0455. The highest BCUT2D eigenvalue weighted by Gasteiger charge is 2.17. The zero-order valence-corrected chi connectivity index (χ0v) is 26.6. The number of hydrogen-bond acceptors (Lipinski definition) is 5. The summed E-state index contributed by atoms with van der Waals surface area (Å²) in [6.07, 6.45) is 9.13. The molecule has 5 nitrogen and oxygen atoms in total. The highest BCUT2D eigenvalue weighted by atomic mass is 16.3. The Bertz CT molecular complexity index is 2500. The molecule has 49 heavy (non-hydrogen) atoms. The first-order chi connectivity index (χ1) is 24.2. The van der Waals surface area contributed by atoms with Crippen molar-refractivity contribution in [2.45, 2.75) is 12.3 Å². The van der Waals surface area contributed by atoms with Crippen molar-refractivity contribution in [1.82, 2.24) is 19.9 Å². The second kappa shape index (κ2) is 12.3. The predicted molar refractivity (Wildman–Crippen MR) is 197 cm³/mol. The van der Waals surface area contributed by atoms with Crippen molar-refractivity contribution >= 4 is 23.1 Å². The van der Waals surface area contributed by atoms with Gasteiger partial charge in [-0.25, -0.2) is 15.0 Å². The Morgan fingerprint density at radius 2 is 1.04 bits per heavy atom. The summed E-state index contributed by atoms with van der Waals surface area (Å²) in [5.41, 5.74) is 10.3. The Morgan fingerprint density at radius 1 is 0.490 bits per heavy atom. The van der Waals surface area contributed by atoms with Crippen molar-refractivity contribution in [3.63, 3.8) is 0 Å². The molecule has 0 aliphatic heterocycles. The van der Waals surface area contributed by atoms with Crippen molar-refractivity contribution in [3.05, 3.63) is 168 Å². The molecule has 0 saturated heterocycles. The lowest BCUT2D eigenvalue weighted by Crippen LogP contribution is -2.24. The summed E-state index contributed by atoms with van der Waals surface area (Å²) < 4.78 is 6.11. The third-order valence-corrected chi connectivity index (χ3v) is 9.16. The third-order valence-electron chi connectivity index (χ3n) is 9.16. The molecule has 8 aromatic rings. The molecule has 0 bridgehead atoms. The van der Waals surface area contributed by atoms with E-state index in [-0.39, 0.29) is 5.92 Å². The standard InChI is InChI=1S/C44H30N4O/c1-3-9-32(10-4-1)42-46-43(33-11-5-2-6-12-33)48-44(47-42)37-26-35(25-36(27-37)31-21-23-45-24-22-31)30-17-15-29(16-18-30)34-19-20-41-39(28-34)38-13-7-8-14-40(38)49-41/h1-18,20-28,34H,19H2. The van der Waals surface area contributed by atoms with Gasteiger partial charge in [0.15, 0.2) is 17.5 Å². The van der Waals surface area contributed by atoms with Gasteiger partial charge in [-0.05, 0) is 76.7 Å². The van der Waals surface area contributed by atoms with Crippen molar-refractivity contribution in [1.29, 1.82) is 0 Å². The first-order valence-electron chi connectivity index (χ1n) is 16.5. The van der Waals surface area contributed by atoms with Crippen molar-refractivity contribution in [2.24, 2.45) is 0 Å². The van der Waals surface area contributed by atoms with Crippen LogP contribution < -0.4 is 10.6 Å². The number of fused-ring (bicyclic) bond motifs is 3. The van der Waals surface area contributed by atoms with E-state index in [9.17, 15) is 0 Å². The summed E-state index contributed by atoms with van der Waals surface area (Å²) in [6.45, 7) is 0. The third kappa shape index (κ3) is 5.62. The van der Waals surface area contributed by atoms with Gasteiger partial charge in [-0.15, -0.1) is 0 Å². The van der Waals surface area contributed by atoms with Gasteiger partial charge in [0.1, 0.15) is 11.0 Å². The van der Waals surface area contributed by atoms with E-state index in [1.165, 1.54) is 16.2 Å². The van der Waals surface area contributed by atoms with E-state index in [4.69, 9.17) is 19.4 Å². The smallest absolute Gasteiger partial charge is 0.164 e. The van der Waals surface area contributed by atoms with Gasteiger partial charge >= 0.3 is 0 Å². The number of furan rings is 1. The molecule has 1 unspecified atom stereocenters. The molecular formula is C44H30N4O. The monoisotopic (exact) mass is 630 g/mol. The molecule has 1 aliphatic carbocycles. The highest BCUT2D eigenvalue weighted by Crippen LogP contribution is 2.34. The van der Waals surface area contributed by atoms with Crippen LogP contribution in [0.1, 0.15) is 17.9 Å². The average Bonchev–Trinajstić information content (AvgIpc) is 3.57. The molecule has 9 rings (SSSR count). The van der Waals surface area contributed by atoms with Crippen LogP contribution in [-0.4, -0.2) is 19.9 Å². The minimum absolute atomic E-state index is 0.277. The summed E-state index contributed by atoms with van der Waals surface area (Å²) >= 11 is 0. The molecule has 0 amide bonds. The highest BCUT2D eigenvalue weighted by molar-refractivity contribution is 5.81. The zero-order valence-electron chi connectivity index (χ0n) is 26.6. The molecule has 0 fully saturated rings. The molecule has 0 radical (unpaired) electrons. The number of aromatic nitrogens is 4. The van der Waals surface area contributed by atoms with Crippen LogP contribution in [0.25, 0.3) is 79.5 Å². The van der Waals surface area contributed by atoms with Crippen molar-refractivity contribution in [3.8, 4) is 56.4 Å². The Hall–Kier alpha value is -6.46. The maximum absolute atomic E-state index is 6.11. The van der Waals surface area contributed by atoms with E-state index in [0.29, 0.717) is 17.5 Å². The molecule has 0 N–H and O–H groups in total. The van der Waals surface area contributed by atoms with Gasteiger partial charge < -0.3 is 4.42 Å². The maximum atomic E-state index is 6.11. The topological polar surface area (TPSA) is 64.7 Å². The summed E-state index contributed by atoms with van der Waals surface area (Å²) in [6, 6.07) is 48.0. The summed E-state index contributed by atoms with van der Waals surface area (Å²) in [4.78, 5) is 19.2. The number of nitrogens with zero attached hydrogens (tertiary/aromatic N) is 4. The number of hydrogen-bond donors (Lipinski definition) is 0. The Kier molecular flexibility index (Phi) is 7.21. The number of benzene rings is 5.